The molecule has 0 atom stereocenters. The van der Waals surface area contributed by atoms with Gasteiger partial charge in [-0.25, -0.2) is 0 Å². The van der Waals surface area contributed by atoms with Crippen LogP contribution >= 0.6 is 0 Å². The van der Waals surface area contributed by atoms with Gasteiger partial charge in [-0.1, -0.05) is 66.7 Å². The van der Waals surface area contributed by atoms with E-state index >= 15 is 0 Å². The van der Waals surface area contributed by atoms with Crippen molar-refractivity contribution in [1.82, 2.24) is 5.32 Å². The number of carbonyl (C=O) groups is 1. The van der Waals surface area contributed by atoms with E-state index in [1.165, 1.54) is 16.0 Å². The Kier molecular flexibility index (Phi) is 6.58. The highest BCUT2D eigenvalue weighted by atomic mass is 16.2. The van der Waals surface area contributed by atoms with Crippen LogP contribution in [0.5, 0.6) is 0 Å². The lowest BCUT2D eigenvalue weighted by Crippen LogP contribution is -3.28. The van der Waals surface area contributed by atoms with Crippen LogP contribution in [-0.2, 0) is 4.79 Å². The molecular weight excluding hydrogens is 322 g/mol. The molecule has 3 N–H and O–H groups in total. The molecule has 3 rings (SSSR count). The summed E-state index contributed by atoms with van der Waals surface area (Å²) < 4.78 is 0. The van der Waals surface area contributed by atoms with Crippen molar-refractivity contribution in [1.29, 1.82) is 0 Å². The minimum absolute atomic E-state index is 0.117. The number of quaternary nitrogens is 2. The van der Waals surface area contributed by atoms with Crippen LogP contribution in [0.4, 0.5) is 0 Å². The predicted octanol–water partition coefficient (Wildman–Crippen LogP) is -0.138. The standard InChI is InChI=1S/C22H27N3O/c1-2-13-23-21(26)18-24-14-16-25(17-15-24)22(19-9-5-3-6-10-19)20-11-7-4-8-12-20/h2-12,22H,1,13-18H2,(H,23,26)/p+2. The molecule has 4 nitrogen and oxygen atoms in total. The lowest BCUT2D eigenvalue weighted by Gasteiger charge is -2.34. The van der Waals surface area contributed by atoms with Gasteiger partial charge in [0.05, 0.1) is 0 Å². The Bertz CT molecular complexity index is 654. The van der Waals surface area contributed by atoms with Crippen molar-refractivity contribution in [2.45, 2.75) is 6.04 Å². The molecule has 26 heavy (non-hydrogen) atoms. The van der Waals surface area contributed by atoms with Crippen LogP contribution in [0.15, 0.2) is 73.3 Å². The highest BCUT2D eigenvalue weighted by molar-refractivity contribution is 5.76. The molecule has 1 fully saturated rings. The minimum atomic E-state index is 0.117. The summed E-state index contributed by atoms with van der Waals surface area (Å²) in [6, 6.07) is 21.9. The number of hydrogen-bond acceptors (Lipinski definition) is 1. The van der Waals surface area contributed by atoms with E-state index in [1.807, 2.05) is 0 Å². The Labute approximate surface area is 156 Å². The highest BCUT2D eigenvalue weighted by Gasteiger charge is 2.32. The van der Waals surface area contributed by atoms with Crippen LogP contribution < -0.4 is 15.1 Å². The summed E-state index contributed by atoms with van der Waals surface area (Å²) in [4.78, 5) is 14.9. The normalized spacial score (nSPS) is 19.9. The molecule has 1 heterocycles. The van der Waals surface area contributed by atoms with E-state index in [-0.39, 0.29) is 5.91 Å². The zero-order valence-corrected chi connectivity index (χ0v) is 15.3. The average Bonchev–Trinajstić information content (AvgIpc) is 2.70. The quantitative estimate of drug-likeness (QED) is 0.597. The molecule has 0 unspecified atom stereocenters. The van der Waals surface area contributed by atoms with Crippen molar-refractivity contribution in [2.75, 3.05) is 39.3 Å². The summed E-state index contributed by atoms with van der Waals surface area (Å²) in [6.45, 7) is 8.93. The lowest BCUT2D eigenvalue weighted by molar-refractivity contribution is -1.02. The Morgan fingerprint density at radius 3 is 2.00 bits per heavy atom. The third-order valence-corrected chi connectivity index (χ3v) is 5.13. The fourth-order valence-corrected chi connectivity index (χ4v) is 3.82. The smallest absolute Gasteiger partial charge is 0.275 e. The summed E-state index contributed by atoms with van der Waals surface area (Å²) in [5.41, 5.74) is 2.72. The van der Waals surface area contributed by atoms with Gasteiger partial charge in [0.25, 0.3) is 5.91 Å². The third kappa shape index (κ3) is 4.81. The fourth-order valence-electron chi connectivity index (χ4n) is 3.82. The number of rotatable bonds is 7. The first kappa shape index (κ1) is 18.4. The fraction of sp³-hybridized carbons (Fsp3) is 0.318. The highest BCUT2D eigenvalue weighted by Crippen LogP contribution is 2.18. The van der Waals surface area contributed by atoms with Gasteiger partial charge in [-0.05, 0) is 0 Å². The Balaban J connectivity index is 1.66. The molecule has 0 saturated carbocycles. The van der Waals surface area contributed by atoms with Gasteiger partial charge in [0.2, 0.25) is 0 Å². The Morgan fingerprint density at radius 2 is 1.50 bits per heavy atom. The zero-order valence-electron chi connectivity index (χ0n) is 15.3. The molecule has 1 aliphatic rings. The Hall–Kier alpha value is -2.43. The number of piperazine rings is 1. The van der Waals surface area contributed by atoms with E-state index in [9.17, 15) is 4.79 Å². The number of carbonyl (C=O) groups excluding carboxylic acids is 1. The monoisotopic (exact) mass is 351 g/mol. The van der Waals surface area contributed by atoms with Crippen molar-refractivity contribution in [3.05, 3.63) is 84.4 Å². The first-order valence-corrected chi connectivity index (χ1v) is 9.43. The molecule has 0 bridgehead atoms. The summed E-state index contributed by atoms with van der Waals surface area (Å²) in [5.74, 6) is 0.117. The van der Waals surface area contributed by atoms with Gasteiger partial charge in [-0.3, -0.25) is 4.79 Å². The van der Waals surface area contributed by atoms with Crippen molar-refractivity contribution >= 4 is 5.91 Å². The van der Waals surface area contributed by atoms with Crippen molar-refractivity contribution in [3.8, 4) is 0 Å². The first-order chi connectivity index (χ1) is 12.8. The van der Waals surface area contributed by atoms with E-state index < -0.39 is 0 Å². The van der Waals surface area contributed by atoms with E-state index in [2.05, 4.69) is 72.6 Å². The summed E-state index contributed by atoms with van der Waals surface area (Å²) in [5, 5.41) is 2.88. The van der Waals surface area contributed by atoms with Gasteiger partial charge in [0.1, 0.15) is 32.2 Å². The maximum Gasteiger partial charge on any atom is 0.275 e. The molecule has 1 aliphatic heterocycles. The molecule has 0 spiro atoms. The molecule has 4 heteroatoms. The zero-order chi connectivity index (χ0) is 18.2. The van der Waals surface area contributed by atoms with Crippen LogP contribution in [0.2, 0.25) is 0 Å². The molecule has 2 aromatic rings. The maximum absolute atomic E-state index is 11.9. The predicted molar refractivity (Wildman–Crippen MR) is 104 cm³/mol. The molecular formula is C22H29N3O+2. The van der Waals surface area contributed by atoms with Crippen LogP contribution in [0, 0.1) is 0 Å². The second kappa shape index (κ2) is 9.32. The number of nitrogens with one attached hydrogen (secondary N) is 3. The summed E-state index contributed by atoms with van der Waals surface area (Å²) in [6.07, 6.45) is 1.72. The van der Waals surface area contributed by atoms with Crippen molar-refractivity contribution in [3.63, 3.8) is 0 Å². The van der Waals surface area contributed by atoms with Crippen molar-refractivity contribution in [2.24, 2.45) is 0 Å². The van der Waals surface area contributed by atoms with Crippen LogP contribution in [0.25, 0.3) is 0 Å². The van der Waals surface area contributed by atoms with E-state index in [1.54, 1.807) is 11.0 Å². The molecule has 0 aliphatic carbocycles. The Morgan fingerprint density at radius 1 is 0.962 bits per heavy atom. The van der Waals surface area contributed by atoms with E-state index in [0.717, 1.165) is 26.2 Å². The molecule has 0 radical (unpaired) electrons. The largest absolute Gasteiger partial charge is 0.348 e. The van der Waals surface area contributed by atoms with E-state index in [0.29, 0.717) is 19.1 Å². The van der Waals surface area contributed by atoms with Crippen molar-refractivity contribution < 1.29 is 14.6 Å². The van der Waals surface area contributed by atoms with E-state index in [4.69, 9.17) is 0 Å². The number of hydrogen-bond donors (Lipinski definition) is 3. The second-order valence-corrected chi connectivity index (χ2v) is 6.93. The summed E-state index contributed by atoms with van der Waals surface area (Å²) in [7, 11) is 0. The maximum atomic E-state index is 11.9. The third-order valence-electron chi connectivity index (χ3n) is 5.13. The summed E-state index contributed by atoms with van der Waals surface area (Å²) >= 11 is 0. The SMILES string of the molecule is C=CCNC(=O)C[NH+]1CC[NH+](C(c2ccccc2)c2ccccc2)CC1. The van der Waals surface area contributed by atoms with Crippen LogP contribution in [-0.4, -0.2) is 45.2 Å². The molecule has 1 amide bonds. The molecule has 136 valence electrons. The van der Waals surface area contributed by atoms with Gasteiger partial charge in [0.15, 0.2) is 6.54 Å². The van der Waals surface area contributed by atoms with Gasteiger partial charge in [-0.15, -0.1) is 6.58 Å². The van der Waals surface area contributed by atoms with Gasteiger partial charge >= 0.3 is 0 Å². The number of amides is 1. The van der Waals surface area contributed by atoms with Gasteiger partial charge in [-0.2, -0.15) is 0 Å². The minimum Gasteiger partial charge on any atom is -0.348 e. The van der Waals surface area contributed by atoms with Crippen LogP contribution in [0.3, 0.4) is 0 Å². The van der Waals surface area contributed by atoms with Gasteiger partial charge < -0.3 is 15.1 Å². The van der Waals surface area contributed by atoms with Crippen LogP contribution in [0.1, 0.15) is 17.2 Å². The first-order valence-electron chi connectivity index (χ1n) is 9.43. The average molecular weight is 351 g/mol. The molecule has 0 aromatic heterocycles. The second-order valence-electron chi connectivity index (χ2n) is 6.93. The lowest BCUT2D eigenvalue weighted by atomic mass is 9.96. The topological polar surface area (TPSA) is 38.0 Å². The molecule has 1 saturated heterocycles. The molecule has 2 aromatic carbocycles. The number of benzene rings is 2. The van der Waals surface area contributed by atoms with Gasteiger partial charge in [0, 0.05) is 17.7 Å².